The van der Waals surface area contributed by atoms with Gasteiger partial charge in [-0.1, -0.05) is 148 Å². The SMILES string of the molecule is CC(C)c1cc2c(-c3cccc4c3ccc3ccccc34)cccc2[cH-]1.Cc1cc2c(-c3cccc4ccccc34)ccc(C)c2[cH-]1.Cl.Cl.[CH3-].[CH3-].[Si]=[Zr]. The van der Waals surface area contributed by atoms with Crippen molar-refractivity contribution in [3.63, 3.8) is 0 Å². The first-order chi connectivity index (χ1) is 24.0. The third kappa shape index (κ3) is 8.48. The van der Waals surface area contributed by atoms with Gasteiger partial charge in [0.2, 0.25) is 0 Å². The summed E-state index contributed by atoms with van der Waals surface area (Å²) in [6.07, 6.45) is 0. The summed E-state index contributed by atoms with van der Waals surface area (Å²) in [5.74, 6) is 0.548. The molecule has 0 aliphatic carbocycles. The average Bonchev–Trinajstić information content (AvgIpc) is 3.77. The van der Waals surface area contributed by atoms with Gasteiger partial charge in [0.15, 0.2) is 0 Å². The molecular formula is C49H46Cl2SiZr-4. The van der Waals surface area contributed by atoms with Crippen LogP contribution in [0.25, 0.3) is 76.1 Å². The second-order valence-corrected chi connectivity index (χ2v) is 13.3. The zero-order valence-electron chi connectivity index (χ0n) is 31.3. The van der Waals surface area contributed by atoms with E-state index in [0.717, 1.165) is 0 Å². The van der Waals surface area contributed by atoms with Gasteiger partial charge in [-0.15, -0.1) is 93.4 Å². The van der Waals surface area contributed by atoms with E-state index < -0.39 is 0 Å². The summed E-state index contributed by atoms with van der Waals surface area (Å²) >= 11 is 1.36. The number of benzene rings is 7. The van der Waals surface area contributed by atoms with Gasteiger partial charge in [0.25, 0.3) is 0 Å². The number of aryl methyl sites for hydroxylation is 2. The number of hydrogen-bond acceptors (Lipinski definition) is 0. The molecule has 53 heavy (non-hydrogen) atoms. The molecule has 0 aromatic heterocycles. The first kappa shape index (κ1) is 43.6. The summed E-state index contributed by atoms with van der Waals surface area (Å²) in [5.41, 5.74) is 9.40. The molecule has 9 rings (SSSR count). The number of fused-ring (bicyclic) bond motifs is 6. The standard InChI is InChI=1S/C26H21.C21H17.2CH3.2ClH.Si.Zr/c1-17(2)20-15-19-8-5-10-24(26(19)16-20)23-12-6-11-22-21-9-4-3-7-18(21)13-14-25(22)23;1-14-12-20-15(2)10-11-19(21(20)13-14)18-9-5-7-16-6-3-4-8-17(16)18;;;;;;/h3-17H,1-2H3;3-13H,1-2H3;2*1H3;2*1H;;/q4*-1;;;;. The van der Waals surface area contributed by atoms with Gasteiger partial charge in [-0.3, -0.25) is 0 Å². The van der Waals surface area contributed by atoms with Gasteiger partial charge in [-0.05, 0) is 49.4 Å². The molecule has 2 radical (unpaired) electrons. The van der Waals surface area contributed by atoms with Gasteiger partial charge >= 0.3 is 30.2 Å². The van der Waals surface area contributed by atoms with Crippen LogP contribution in [0.15, 0.2) is 152 Å². The van der Waals surface area contributed by atoms with Gasteiger partial charge in [-0.2, -0.15) is 12.1 Å². The molecule has 0 spiro atoms. The van der Waals surface area contributed by atoms with Crippen molar-refractivity contribution in [1.29, 1.82) is 0 Å². The minimum absolute atomic E-state index is 0. The van der Waals surface area contributed by atoms with Gasteiger partial charge in [-0.25, -0.2) is 0 Å². The van der Waals surface area contributed by atoms with Crippen LogP contribution in [0.5, 0.6) is 0 Å². The van der Waals surface area contributed by atoms with Crippen LogP contribution in [0, 0.1) is 28.7 Å². The summed E-state index contributed by atoms with van der Waals surface area (Å²) in [5, 5.41) is 13.3. The Morgan fingerprint density at radius 2 is 1.00 bits per heavy atom. The molecule has 268 valence electrons. The fourth-order valence-electron chi connectivity index (χ4n) is 7.39. The molecule has 0 nitrogen and oxygen atoms in total. The van der Waals surface area contributed by atoms with E-state index in [0.29, 0.717) is 5.92 Å². The molecular weight excluding hydrogens is 779 g/mol. The van der Waals surface area contributed by atoms with E-state index in [1.54, 1.807) is 0 Å². The Morgan fingerprint density at radius 1 is 0.472 bits per heavy atom. The Kier molecular flexibility index (Phi) is 15.6. The number of rotatable bonds is 3. The van der Waals surface area contributed by atoms with Crippen molar-refractivity contribution in [1.82, 2.24) is 0 Å². The summed E-state index contributed by atoms with van der Waals surface area (Å²) in [6, 6.07) is 55.5. The maximum atomic E-state index is 3.06. The summed E-state index contributed by atoms with van der Waals surface area (Å²) in [7, 11) is 0. The molecule has 0 atom stereocenters. The summed E-state index contributed by atoms with van der Waals surface area (Å²) in [4.78, 5) is 0. The summed E-state index contributed by atoms with van der Waals surface area (Å²) < 4.78 is 0. The Balaban J connectivity index is 0.000000259. The quantitative estimate of drug-likeness (QED) is 0.0946. The van der Waals surface area contributed by atoms with Crippen molar-refractivity contribution in [2.75, 3.05) is 0 Å². The normalized spacial score (nSPS) is 10.3. The second-order valence-electron chi connectivity index (χ2n) is 13.3. The third-order valence-electron chi connectivity index (χ3n) is 9.85. The third-order valence-corrected chi connectivity index (χ3v) is 9.85. The second kappa shape index (κ2) is 19.0. The van der Waals surface area contributed by atoms with Crippen LogP contribution in [0.2, 0.25) is 0 Å². The monoisotopic (exact) mass is 822 g/mol. The van der Waals surface area contributed by atoms with Crippen molar-refractivity contribution in [3.05, 3.63) is 183 Å². The fourth-order valence-corrected chi connectivity index (χ4v) is 7.39. The van der Waals surface area contributed by atoms with E-state index >= 15 is 0 Å². The van der Waals surface area contributed by atoms with Crippen LogP contribution < -0.4 is 0 Å². The predicted molar refractivity (Wildman–Crippen MR) is 239 cm³/mol. The summed E-state index contributed by atoms with van der Waals surface area (Å²) in [6.45, 7) is 11.9. The van der Waals surface area contributed by atoms with Gasteiger partial charge < -0.3 is 14.9 Å². The van der Waals surface area contributed by atoms with E-state index in [9.17, 15) is 0 Å². The van der Waals surface area contributed by atoms with Gasteiger partial charge in [0.1, 0.15) is 0 Å². The zero-order valence-corrected chi connectivity index (χ0v) is 36.4. The van der Waals surface area contributed by atoms with E-state index in [4.69, 9.17) is 0 Å². The van der Waals surface area contributed by atoms with Gasteiger partial charge in [0.05, 0.1) is 0 Å². The predicted octanol–water partition coefficient (Wildman–Crippen LogP) is 15.0. The molecule has 4 heteroatoms. The molecule has 0 saturated heterocycles. The Bertz CT molecular complexity index is 2600. The molecule has 0 saturated carbocycles. The molecule has 0 amide bonds. The molecule has 0 aliphatic heterocycles. The molecule has 9 aromatic carbocycles. The van der Waals surface area contributed by atoms with Crippen LogP contribution >= 0.6 is 24.8 Å². The zero-order chi connectivity index (χ0) is 34.1. The topological polar surface area (TPSA) is 0 Å². The average molecular weight is 825 g/mol. The molecule has 0 heterocycles. The first-order valence-corrected chi connectivity index (χ1v) is 21.1. The van der Waals surface area contributed by atoms with E-state index in [2.05, 4.69) is 186 Å². The molecule has 9 aromatic rings. The van der Waals surface area contributed by atoms with Crippen molar-refractivity contribution < 1.29 is 23.3 Å². The van der Waals surface area contributed by atoms with E-state index in [-0.39, 0.29) is 39.7 Å². The van der Waals surface area contributed by atoms with Crippen LogP contribution in [0.3, 0.4) is 0 Å². The molecule has 0 aliphatic rings. The Morgan fingerprint density at radius 3 is 1.70 bits per heavy atom. The molecule has 0 bridgehead atoms. The van der Waals surface area contributed by atoms with E-state index in [1.807, 2.05) is 0 Å². The van der Waals surface area contributed by atoms with Crippen molar-refractivity contribution in [2.24, 2.45) is 0 Å². The molecule has 0 unspecified atom stereocenters. The van der Waals surface area contributed by atoms with Crippen LogP contribution in [0.4, 0.5) is 0 Å². The van der Waals surface area contributed by atoms with Gasteiger partial charge in [0, 0.05) is 0 Å². The first-order valence-electron chi connectivity index (χ1n) is 17.0. The minimum atomic E-state index is 0. The van der Waals surface area contributed by atoms with Crippen molar-refractivity contribution >= 4 is 85.6 Å². The molecule has 0 N–H and O–H groups in total. The van der Waals surface area contributed by atoms with Crippen LogP contribution in [-0.2, 0) is 23.3 Å². The van der Waals surface area contributed by atoms with Crippen LogP contribution in [-0.4, -0.2) is 6.88 Å². The fraction of sp³-hybridized carbons (Fsp3) is 0.102. The van der Waals surface area contributed by atoms with Crippen LogP contribution in [0.1, 0.15) is 36.5 Å². The Labute approximate surface area is 345 Å². The number of hydrogen-bond donors (Lipinski definition) is 0. The maximum absolute atomic E-state index is 3.06. The molecule has 0 fully saturated rings. The van der Waals surface area contributed by atoms with E-state index in [1.165, 1.54) is 116 Å². The Hall–Kier alpha value is -3.78. The van der Waals surface area contributed by atoms with Crippen molar-refractivity contribution in [3.8, 4) is 22.3 Å². The number of halogens is 2. The van der Waals surface area contributed by atoms with Crippen molar-refractivity contribution in [2.45, 2.75) is 33.6 Å².